The summed E-state index contributed by atoms with van der Waals surface area (Å²) in [4.78, 5) is 0. The molecule has 0 saturated heterocycles. The van der Waals surface area contributed by atoms with Gasteiger partial charge in [0.25, 0.3) is 0 Å². The first-order chi connectivity index (χ1) is 6.33. The Morgan fingerprint density at radius 2 is 1.53 bits per heavy atom. The molecular formula is C12H21CuLiS-3. The Hall–Kier alpha value is 0.817. The Kier molecular flexibility index (Phi) is 48.7. The second-order valence-corrected chi connectivity index (χ2v) is 3.18. The van der Waals surface area contributed by atoms with E-state index in [9.17, 15) is 0 Å². The summed E-state index contributed by atoms with van der Waals surface area (Å²) >= 11 is 1.59. The van der Waals surface area contributed by atoms with Crippen LogP contribution in [0.1, 0.15) is 39.5 Å². The zero-order valence-corrected chi connectivity index (χ0v) is 11.9. The molecule has 0 N–H and O–H groups in total. The molecule has 0 aliphatic rings. The van der Waals surface area contributed by atoms with Gasteiger partial charge in [-0.3, -0.25) is 0 Å². The smallest absolute Gasteiger partial charge is 0 e. The van der Waals surface area contributed by atoms with E-state index in [1.807, 2.05) is 17.5 Å². The van der Waals surface area contributed by atoms with Gasteiger partial charge in [-0.2, -0.15) is 24.3 Å². The van der Waals surface area contributed by atoms with Crippen LogP contribution in [-0.4, -0.2) is 18.9 Å². The van der Waals surface area contributed by atoms with E-state index in [4.69, 9.17) is 0 Å². The molecule has 0 bridgehead atoms. The molecule has 0 nitrogen and oxygen atoms in total. The molecule has 90 valence electrons. The van der Waals surface area contributed by atoms with Crippen molar-refractivity contribution in [3.8, 4) is 0 Å². The number of hydrogen-bond donors (Lipinski definition) is 0. The summed E-state index contributed by atoms with van der Waals surface area (Å²) in [6.45, 7) is 11.4. The van der Waals surface area contributed by atoms with Gasteiger partial charge in [-0.05, 0) is 0 Å². The molecule has 3 heteroatoms. The first-order valence-corrected chi connectivity index (χ1v) is 5.69. The summed E-state index contributed by atoms with van der Waals surface area (Å²) in [7, 11) is 0. The summed E-state index contributed by atoms with van der Waals surface area (Å²) in [5.74, 6) is 0. The molecule has 1 aromatic rings. The molecule has 1 aromatic heterocycles. The van der Waals surface area contributed by atoms with Crippen LogP contribution >= 0.6 is 11.3 Å². The maximum absolute atomic E-state index is 3.60. The molecule has 0 amide bonds. The Labute approximate surface area is 123 Å². The van der Waals surface area contributed by atoms with Crippen molar-refractivity contribution in [3.63, 3.8) is 0 Å². The van der Waals surface area contributed by atoms with Crippen molar-refractivity contribution in [1.82, 2.24) is 0 Å². The number of hydrogen-bond acceptors (Lipinski definition) is 1. The molecule has 0 fully saturated rings. The van der Waals surface area contributed by atoms with E-state index in [2.05, 4.69) is 33.1 Å². The van der Waals surface area contributed by atoms with Crippen LogP contribution in [0.25, 0.3) is 0 Å². The fraction of sp³-hybridized carbons (Fsp3) is 0.500. The van der Waals surface area contributed by atoms with Crippen LogP contribution in [0.4, 0.5) is 0 Å². The SMILES string of the molecule is [CH2-]CCC.[CH2-]CCC.[Cu].[Li].[c-]1cccs1. The maximum atomic E-state index is 3.60. The van der Waals surface area contributed by atoms with Gasteiger partial charge in [-0.25, -0.2) is 6.07 Å². The Morgan fingerprint density at radius 3 is 1.60 bits per heavy atom. The van der Waals surface area contributed by atoms with E-state index in [0.29, 0.717) is 0 Å². The molecule has 0 atom stereocenters. The predicted molar refractivity (Wildman–Crippen MR) is 69.4 cm³/mol. The third kappa shape index (κ3) is 39.8. The molecule has 0 aliphatic carbocycles. The Morgan fingerprint density at radius 1 is 1.13 bits per heavy atom. The van der Waals surface area contributed by atoms with Gasteiger partial charge >= 0.3 is 0 Å². The first kappa shape index (κ1) is 24.9. The molecule has 2 radical (unpaired) electrons. The fourth-order valence-electron chi connectivity index (χ4n) is 0.196. The third-order valence-electron chi connectivity index (χ3n) is 1.09. The van der Waals surface area contributed by atoms with Crippen molar-refractivity contribution in [2.24, 2.45) is 0 Å². The van der Waals surface area contributed by atoms with Crippen LogP contribution in [0.2, 0.25) is 0 Å². The van der Waals surface area contributed by atoms with E-state index < -0.39 is 0 Å². The second kappa shape index (κ2) is 29.4. The normalized spacial score (nSPS) is 6.67. The van der Waals surface area contributed by atoms with Crippen molar-refractivity contribution in [3.05, 3.63) is 36.7 Å². The molecule has 0 aliphatic heterocycles. The molecule has 15 heavy (non-hydrogen) atoms. The summed E-state index contributed by atoms with van der Waals surface area (Å²) < 4.78 is 0. The van der Waals surface area contributed by atoms with Crippen LogP contribution in [0.15, 0.2) is 17.5 Å². The zero-order chi connectivity index (χ0) is 10.4. The number of rotatable bonds is 2. The van der Waals surface area contributed by atoms with Crippen LogP contribution in [-0.2, 0) is 17.1 Å². The minimum absolute atomic E-state index is 0. The van der Waals surface area contributed by atoms with E-state index in [0.717, 1.165) is 12.8 Å². The zero-order valence-electron chi connectivity index (χ0n) is 10.2. The summed E-state index contributed by atoms with van der Waals surface area (Å²) in [5.41, 5.74) is 0. The monoisotopic (exact) mass is 267 g/mol. The van der Waals surface area contributed by atoms with Gasteiger partial charge in [0.15, 0.2) is 0 Å². The van der Waals surface area contributed by atoms with Crippen LogP contribution < -0.4 is 0 Å². The molecule has 0 saturated carbocycles. The van der Waals surface area contributed by atoms with Gasteiger partial charge in [0.05, 0.1) is 0 Å². The van der Waals surface area contributed by atoms with Gasteiger partial charge < -0.3 is 25.2 Å². The van der Waals surface area contributed by atoms with Crippen molar-refractivity contribution < 1.29 is 17.1 Å². The maximum Gasteiger partial charge on any atom is 0 e. The molecule has 0 aromatic carbocycles. The van der Waals surface area contributed by atoms with Crippen molar-refractivity contribution >= 4 is 30.2 Å². The van der Waals surface area contributed by atoms with Crippen molar-refractivity contribution in [2.45, 2.75) is 39.5 Å². The molecular weight excluding hydrogens is 247 g/mol. The summed E-state index contributed by atoms with van der Waals surface area (Å²) in [6.07, 6.45) is 4.56. The topological polar surface area (TPSA) is 0 Å². The van der Waals surface area contributed by atoms with E-state index in [-0.39, 0.29) is 35.9 Å². The second-order valence-electron chi connectivity index (χ2n) is 2.44. The third-order valence-corrected chi connectivity index (χ3v) is 1.65. The van der Waals surface area contributed by atoms with E-state index in [1.54, 1.807) is 11.3 Å². The predicted octanol–water partition coefficient (Wildman–Crippen LogP) is 4.41. The summed E-state index contributed by atoms with van der Waals surface area (Å²) in [6, 6.07) is 3.86. The van der Waals surface area contributed by atoms with Gasteiger partial charge in [-0.1, -0.05) is 26.7 Å². The molecule has 1 heterocycles. The minimum atomic E-state index is 0. The van der Waals surface area contributed by atoms with Gasteiger partial charge in [0, 0.05) is 35.9 Å². The number of unbranched alkanes of at least 4 members (excludes halogenated alkanes) is 2. The van der Waals surface area contributed by atoms with Crippen LogP contribution in [0.3, 0.4) is 0 Å². The van der Waals surface area contributed by atoms with Crippen molar-refractivity contribution in [2.75, 3.05) is 0 Å². The Bertz CT molecular complexity index is 107. The molecule has 0 spiro atoms. The molecule has 1 rings (SSSR count). The van der Waals surface area contributed by atoms with Gasteiger partial charge in [0.1, 0.15) is 0 Å². The van der Waals surface area contributed by atoms with E-state index in [1.165, 1.54) is 12.8 Å². The van der Waals surface area contributed by atoms with Crippen molar-refractivity contribution in [1.29, 1.82) is 0 Å². The van der Waals surface area contributed by atoms with Gasteiger partial charge in [-0.15, -0.1) is 5.38 Å². The Balaban J connectivity index is -0.0000000575. The summed E-state index contributed by atoms with van der Waals surface area (Å²) in [5, 5.41) is 4.89. The standard InChI is InChI=1S/C4H3S.2C4H9.Cu.Li/c1-2-4-5-3-1;2*1-3-4-2;;/h1-3H;2*1,3-4H2,2H3;;/q3*-1;;. The van der Waals surface area contributed by atoms with Crippen LogP contribution in [0, 0.1) is 19.2 Å². The largest absolute Gasteiger partial charge is 0.343 e. The average molecular weight is 268 g/mol. The van der Waals surface area contributed by atoms with Crippen LogP contribution in [0.5, 0.6) is 0 Å². The number of thiophene rings is 1. The fourth-order valence-corrected chi connectivity index (χ4v) is 0.589. The molecule has 0 unspecified atom stereocenters. The van der Waals surface area contributed by atoms with E-state index >= 15 is 0 Å². The first-order valence-electron chi connectivity index (χ1n) is 4.81. The quantitative estimate of drug-likeness (QED) is 0.550. The average Bonchev–Trinajstić information content (AvgIpc) is 2.76. The minimum Gasteiger partial charge on any atom is -0.343 e. The van der Waals surface area contributed by atoms with Gasteiger partial charge in [0.2, 0.25) is 0 Å².